The normalized spacial score (nSPS) is 20.0. The molecular weight excluding hydrogens is 308 g/mol. The summed E-state index contributed by atoms with van der Waals surface area (Å²) in [4.78, 5) is 3.68. The molecule has 2 rings (SSSR count). The van der Waals surface area contributed by atoms with Gasteiger partial charge in [0.05, 0.1) is 20.3 Å². The standard InChI is InChI=1S/C18H30N2O2S/c1-13(15(3)20-8-10-22-11-9-20)19-14(2)16-6-7-18(23-5)17(12-16)21-4/h6-7,12-15,19H,8-11H2,1-5H3/t13-,14+,15+/m1/s1. The van der Waals surface area contributed by atoms with Crippen molar-refractivity contribution in [2.45, 2.75) is 43.8 Å². The van der Waals surface area contributed by atoms with Gasteiger partial charge in [-0.05, 0) is 44.7 Å². The van der Waals surface area contributed by atoms with Crippen molar-refractivity contribution in [2.75, 3.05) is 39.7 Å². The number of hydrogen-bond donors (Lipinski definition) is 1. The van der Waals surface area contributed by atoms with Crippen LogP contribution in [0.3, 0.4) is 0 Å². The first kappa shape index (κ1) is 18.6. The number of nitrogens with zero attached hydrogens (tertiary/aromatic N) is 1. The first-order chi connectivity index (χ1) is 11.1. The third-order valence-corrected chi connectivity index (χ3v) is 5.54. The summed E-state index contributed by atoms with van der Waals surface area (Å²) in [6, 6.07) is 7.68. The Balaban J connectivity index is 1.98. The van der Waals surface area contributed by atoms with Crippen LogP contribution < -0.4 is 10.1 Å². The van der Waals surface area contributed by atoms with Crippen LogP contribution in [0.1, 0.15) is 32.4 Å². The third-order valence-electron chi connectivity index (χ3n) is 4.77. The molecule has 0 unspecified atom stereocenters. The van der Waals surface area contributed by atoms with Crippen LogP contribution in [0.4, 0.5) is 0 Å². The maximum absolute atomic E-state index is 5.50. The number of methoxy groups -OCH3 is 1. The zero-order chi connectivity index (χ0) is 16.8. The lowest BCUT2D eigenvalue weighted by atomic mass is 10.0. The van der Waals surface area contributed by atoms with Crippen LogP contribution in [0, 0.1) is 0 Å². The van der Waals surface area contributed by atoms with Crippen molar-refractivity contribution in [1.29, 1.82) is 0 Å². The molecule has 23 heavy (non-hydrogen) atoms. The van der Waals surface area contributed by atoms with E-state index in [2.05, 4.69) is 55.4 Å². The van der Waals surface area contributed by atoms with Crippen molar-refractivity contribution in [3.8, 4) is 5.75 Å². The molecule has 5 heteroatoms. The number of hydrogen-bond acceptors (Lipinski definition) is 5. The zero-order valence-electron chi connectivity index (χ0n) is 15.0. The summed E-state index contributed by atoms with van der Waals surface area (Å²) >= 11 is 1.71. The Bertz CT molecular complexity index is 492. The van der Waals surface area contributed by atoms with Gasteiger partial charge in [0.2, 0.25) is 0 Å². The number of morpholine rings is 1. The summed E-state index contributed by atoms with van der Waals surface area (Å²) in [5.74, 6) is 0.956. The minimum absolute atomic E-state index is 0.290. The highest BCUT2D eigenvalue weighted by Gasteiger charge is 2.23. The van der Waals surface area contributed by atoms with E-state index in [1.807, 2.05) is 0 Å². The van der Waals surface area contributed by atoms with Gasteiger partial charge in [0.1, 0.15) is 5.75 Å². The van der Waals surface area contributed by atoms with Gasteiger partial charge in [0, 0.05) is 36.1 Å². The monoisotopic (exact) mass is 338 g/mol. The molecule has 1 saturated heterocycles. The summed E-state index contributed by atoms with van der Waals surface area (Å²) in [5.41, 5.74) is 1.26. The molecule has 1 aromatic carbocycles. The van der Waals surface area contributed by atoms with Crippen molar-refractivity contribution < 1.29 is 9.47 Å². The molecule has 0 aromatic heterocycles. The maximum Gasteiger partial charge on any atom is 0.132 e. The van der Waals surface area contributed by atoms with Gasteiger partial charge in [-0.25, -0.2) is 0 Å². The lowest BCUT2D eigenvalue weighted by molar-refractivity contribution is 0.0129. The van der Waals surface area contributed by atoms with E-state index in [0.29, 0.717) is 18.1 Å². The molecule has 3 atom stereocenters. The Morgan fingerprint density at radius 2 is 1.91 bits per heavy atom. The number of ether oxygens (including phenoxy) is 2. The van der Waals surface area contributed by atoms with Crippen LogP contribution in [0.15, 0.2) is 23.1 Å². The topological polar surface area (TPSA) is 33.7 Å². The van der Waals surface area contributed by atoms with Gasteiger partial charge >= 0.3 is 0 Å². The Kier molecular flexibility index (Phi) is 7.21. The average molecular weight is 339 g/mol. The lowest BCUT2D eigenvalue weighted by Crippen LogP contribution is -2.51. The smallest absolute Gasteiger partial charge is 0.132 e. The molecule has 0 amide bonds. The Labute approximate surface area is 144 Å². The van der Waals surface area contributed by atoms with Crippen LogP contribution in [0.5, 0.6) is 5.75 Å². The predicted octanol–water partition coefficient (Wildman–Crippen LogP) is 3.18. The van der Waals surface area contributed by atoms with E-state index in [-0.39, 0.29) is 0 Å². The molecule has 1 N–H and O–H groups in total. The second-order valence-corrected chi connectivity index (χ2v) is 7.03. The fourth-order valence-electron chi connectivity index (χ4n) is 3.05. The highest BCUT2D eigenvalue weighted by Crippen LogP contribution is 2.30. The number of nitrogens with one attached hydrogen (secondary N) is 1. The van der Waals surface area contributed by atoms with Gasteiger partial charge < -0.3 is 14.8 Å². The molecule has 0 aliphatic carbocycles. The van der Waals surface area contributed by atoms with Gasteiger partial charge in [-0.1, -0.05) is 6.07 Å². The van der Waals surface area contributed by atoms with Crippen molar-refractivity contribution in [3.63, 3.8) is 0 Å². The first-order valence-corrected chi connectivity index (χ1v) is 9.59. The molecule has 1 aromatic rings. The first-order valence-electron chi connectivity index (χ1n) is 8.36. The molecule has 1 aliphatic rings. The number of rotatable bonds is 7. The molecule has 1 aliphatic heterocycles. The molecule has 0 saturated carbocycles. The predicted molar refractivity (Wildman–Crippen MR) is 97.6 cm³/mol. The molecule has 0 spiro atoms. The van der Waals surface area contributed by atoms with E-state index >= 15 is 0 Å². The van der Waals surface area contributed by atoms with Crippen molar-refractivity contribution in [1.82, 2.24) is 10.2 Å². The summed E-state index contributed by atoms with van der Waals surface area (Å²) in [6.07, 6.45) is 2.07. The SMILES string of the molecule is COc1cc([C@H](C)N[C@H](C)[C@H](C)N2CCOCC2)ccc1SC. The third kappa shape index (κ3) is 4.86. The van der Waals surface area contributed by atoms with Crippen LogP contribution in [0.2, 0.25) is 0 Å². The highest BCUT2D eigenvalue weighted by molar-refractivity contribution is 7.98. The molecular formula is C18H30N2O2S. The van der Waals surface area contributed by atoms with E-state index in [1.54, 1.807) is 18.9 Å². The van der Waals surface area contributed by atoms with E-state index in [4.69, 9.17) is 9.47 Å². The summed E-state index contributed by atoms with van der Waals surface area (Å²) in [6.45, 7) is 10.5. The lowest BCUT2D eigenvalue weighted by Gasteiger charge is -2.37. The minimum Gasteiger partial charge on any atom is -0.496 e. The van der Waals surface area contributed by atoms with Gasteiger partial charge in [-0.3, -0.25) is 4.90 Å². The summed E-state index contributed by atoms with van der Waals surface area (Å²) in [7, 11) is 1.74. The second-order valence-electron chi connectivity index (χ2n) is 6.18. The summed E-state index contributed by atoms with van der Waals surface area (Å²) < 4.78 is 11.0. The number of thioether (sulfide) groups is 1. The Morgan fingerprint density at radius 1 is 1.22 bits per heavy atom. The van der Waals surface area contributed by atoms with E-state index < -0.39 is 0 Å². The minimum atomic E-state index is 0.290. The van der Waals surface area contributed by atoms with Gasteiger partial charge in [-0.2, -0.15) is 0 Å². The van der Waals surface area contributed by atoms with Gasteiger partial charge in [0.15, 0.2) is 0 Å². The molecule has 1 heterocycles. The second kappa shape index (κ2) is 8.92. The van der Waals surface area contributed by atoms with Crippen LogP contribution in [-0.2, 0) is 4.74 Å². The van der Waals surface area contributed by atoms with Crippen molar-refractivity contribution in [2.24, 2.45) is 0 Å². The highest BCUT2D eigenvalue weighted by atomic mass is 32.2. The van der Waals surface area contributed by atoms with Gasteiger partial charge in [0.25, 0.3) is 0 Å². The van der Waals surface area contributed by atoms with Crippen LogP contribution in [-0.4, -0.2) is 56.7 Å². The fraction of sp³-hybridized carbons (Fsp3) is 0.667. The Morgan fingerprint density at radius 3 is 2.52 bits per heavy atom. The molecule has 1 fully saturated rings. The molecule has 4 nitrogen and oxygen atoms in total. The van der Waals surface area contributed by atoms with Crippen molar-refractivity contribution >= 4 is 11.8 Å². The fourth-order valence-corrected chi connectivity index (χ4v) is 3.60. The number of benzene rings is 1. The van der Waals surface area contributed by atoms with E-state index in [9.17, 15) is 0 Å². The molecule has 130 valence electrons. The Hall–Kier alpha value is -0.750. The van der Waals surface area contributed by atoms with Crippen LogP contribution in [0.25, 0.3) is 0 Å². The molecule has 0 bridgehead atoms. The molecule has 0 radical (unpaired) electrons. The maximum atomic E-state index is 5.50. The largest absolute Gasteiger partial charge is 0.496 e. The van der Waals surface area contributed by atoms with Gasteiger partial charge in [-0.15, -0.1) is 11.8 Å². The quantitative estimate of drug-likeness (QED) is 0.772. The summed E-state index contributed by atoms with van der Waals surface area (Å²) in [5, 5.41) is 3.74. The van der Waals surface area contributed by atoms with E-state index in [0.717, 1.165) is 32.1 Å². The van der Waals surface area contributed by atoms with Crippen molar-refractivity contribution in [3.05, 3.63) is 23.8 Å². The zero-order valence-corrected chi connectivity index (χ0v) is 15.8. The van der Waals surface area contributed by atoms with E-state index in [1.165, 1.54) is 10.5 Å². The average Bonchev–Trinajstić information content (AvgIpc) is 2.60. The van der Waals surface area contributed by atoms with Crippen LogP contribution >= 0.6 is 11.8 Å².